The van der Waals surface area contributed by atoms with Crippen molar-refractivity contribution in [2.45, 2.75) is 109 Å². The number of anilines is 1. The number of aliphatic hydroxyl groups is 2. The molecule has 0 bridgehead atoms. The average Bonchev–Trinajstić information content (AvgIpc) is 3.44. The van der Waals surface area contributed by atoms with Gasteiger partial charge in [-0.15, -0.1) is 0 Å². The van der Waals surface area contributed by atoms with Gasteiger partial charge in [0.1, 0.15) is 24.6 Å². The lowest BCUT2D eigenvalue weighted by Gasteiger charge is -2.34. The van der Waals surface area contributed by atoms with Crippen molar-refractivity contribution in [2.75, 3.05) is 18.5 Å². The Labute approximate surface area is 239 Å². The van der Waals surface area contributed by atoms with Crippen molar-refractivity contribution < 1.29 is 47.6 Å². The number of nitrogens with zero attached hydrogens (tertiary/aromatic N) is 4. The number of phosphoric ester groups is 1. The Morgan fingerprint density at radius 3 is 2.29 bits per heavy atom. The van der Waals surface area contributed by atoms with Crippen molar-refractivity contribution in [3.63, 3.8) is 0 Å². The summed E-state index contributed by atoms with van der Waals surface area (Å²) in [5.41, 5.74) is -0.772. The van der Waals surface area contributed by atoms with Crippen LogP contribution in [0.5, 0.6) is 0 Å². The number of hydrogen-bond donors (Lipinski definition) is 6. The highest BCUT2D eigenvalue weighted by atomic mass is 31.3. The van der Waals surface area contributed by atoms with Gasteiger partial charge in [-0.2, -0.15) is 4.31 Å². The van der Waals surface area contributed by atoms with E-state index < -0.39 is 46.3 Å². The molecule has 1 unspecified atom stereocenters. The van der Waals surface area contributed by atoms with Crippen LogP contribution in [0.1, 0.15) is 84.5 Å². The molecule has 0 aliphatic carbocycles. The molecule has 0 saturated carbocycles. The first kappa shape index (κ1) is 34.0. The third-order valence-electron chi connectivity index (χ3n) is 7.09. The van der Waals surface area contributed by atoms with E-state index in [1.54, 1.807) is 0 Å². The van der Waals surface area contributed by atoms with Gasteiger partial charge in [-0.05, 0) is 19.3 Å². The molecule has 0 spiro atoms. The first-order valence-electron chi connectivity index (χ1n) is 14.1. The fraction of sp³-hybridized carbons (Fsp3) is 0.792. The molecule has 3 rings (SSSR count). The Morgan fingerprint density at radius 1 is 0.976 bits per heavy atom. The normalized spacial score (nSPS) is 24.6. The molecule has 1 aliphatic heterocycles. The molecular formula is C24H43N5O10P2. The summed E-state index contributed by atoms with van der Waals surface area (Å²) >= 11 is 0. The minimum absolute atomic E-state index is 0.251. The van der Waals surface area contributed by atoms with E-state index in [9.17, 15) is 24.2 Å². The second-order valence-corrected chi connectivity index (χ2v) is 13.1. The van der Waals surface area contributed by atoms with Crippen LogP contribution < -0.4 is 5.32 Å². The molecule has 0 radical (unpaired) electrons. The van der Waals surface area contributed by atoms with E-state index in [-0.39, 0.29) is 6.42 Å². The molecule has 1 fully saturated rings. The number of imidazole rings is 1. The molecule has 17 heteroatoms. The van der Waals surface area contributed by atoms with Crippen molar-refractivity contribution in [3.05, 3.63) is 12.7 Å². The topological polar surface area (TPSA) is 219 Å². The Balaban J connectivity index is 1.84. The Morgan fingerprint density at radius 2 is 1.63 bits per heavy atom. The van der Waals surface area contributed by atoms with Crippen LogP contribution in [0.25, 0.3) is 11.2 Å². The summed E-state index contributed by atoms with van der Waals surface area (Å²) in [6.07, 6.45) is 8.74. The molecule has 2 aromatic rings. The predicted octanol–water partition coefficient (Wildman–Crippen LogP) is 3.57. The molecule has 0 amide bonds. The van der Waals surface area contributed by atoms with Crippen LogP contribution >= 0.6 is 15.6 Å². The van der Waals surface area contributed by atoms with Gasteiger partial charge in [-0.3, -0.25) is 9.09 Å². The summed E-state index contributed by atoms with van der Waals surface area (Å²) in [6, 6.07) is 0. The molecule has 5 atom stereocenters. The SMILES string of the molecule is CCCCCCCCCC[C@@]1(n2cnc3c(NCCCC)ncnc32)O[C@H](COP(=O)(O)OP(=O)(O)O)[C@@H](O)[C@H]1O. The maximum Gasteiger partial charge on any atom is 0.481 e. The fourth-order valence-electron chi connectivity index (χ4n) is 4.99. The highest BCUT2D eigenvalue weighted by Crippen LogP contribution is 2.58. The van der Waals surface area contributed by atoms with Crippen molar-refractivity contribution in [1.82, 2.24) is 19.5 Å². The van der Waals surface area contributed by atoms with Crippen LogP contribution in [0.4, 0.5) is 5.82 Å². The number of aliphatic hydroxyl groups excluding tert-OH is 2. The number of hydrogen-bond acceptors (Lipinski definition) is 11. The number of aromatic nitrogens is 4. The Hall–Kier alpha value is -1.51. The van der Waals surface area contributed by atoms with E-state index in [0.29, 0.717) is 29.9 Å². The largest absolute Gasteiger partial charge is 0.481 e. The van der Waals surface area contributed by atoms with E-state index in [1.165, 1.54) is 36.5 Å². The monoisotopic (exact) mass is 623 g/mol. The van der Waals surface area contributed by atoms with E-state index in [2.05, 4.69) is 38.4 Å². The van der Waals surface area contributed by atoms with Gasteiger partial charge in [0.05, 0.1) is 12.9 Å². The van der Waals surface area contributed by atoms with Crippen molar-refractivity contribution >= 4 is 32.6 Å². The van der Waals surface area contributed by atoms with Crippen molar-refractivity contribution in [1.29, 1.82) is 0 Å². The number of unbranched alkanes of at least 4 members (excludes halogenated alkanes) is 8. The average molecular weight is 624 g/mol. The van der Waals surface area contributed by atoms with Gasteiger partial charge in [0.25, 0.3) is 0 Å². The van der Waals surface area contributed by atoms with Crippen LogP contribution in [-0.2, 0) is 28.4 Å². The van der Waals surface area contributed by atoms with E-state index >= 15 is 0 Å². The van der Waals surface area contributed by atoms with Crippen LogP contribution in [0.3, 0.4) is 0 Å². The predicted molar refractivity (Wildman–Crippen MR) is 150 cm³/mol. The Kier molecular flexibility index (Phi) is 12.7. The maximum absolute atomic E-state index is 12.0. The quantitative estimate of drug-likeness (QED) is 0.0974. The smallest absolute Gasteiger partial charge is 0.387 e. The second kappa shape index (κ2) is 15.3. The molecule has 41 heavy (non-hydrogen) atoms. The van der Waals surface area contributed by atoms with Gasteiger partial charge in [0, 0.05) is 6.54 Å². The summed E-state index contributed by atoms with van der Waals surface area (Å²) in [7, 11) is -10.5. The molecule has 0 aromatic carbocycles. The zero-order valence-electron chi connectivity index (χ0n) is 23.5. The molecule has 2 aromatic heterocycles. The molecule has 234 valence electrons. The minimum atomic E-state index is -5.34. The molecular weight excluding hydrogens is 580 g/mol. The summed E-state index contributed by atoms with van der Waals surface area (Å²) in [6.45, 7) is 4.11. The lowest BCUT2D eigenvalue weighted by molar-refractivity contribution is -0.150. The van der Waals surface area contributed by atoms with Crippen LogP contribution in [-0.4, -0.2) is 75.9 Å². The molecule has 1 saturated heterocycles. The summed E-state index contributed by atoms with van der Waals surface area (Å²) in [5, 5.41) is 25.5. The number of phosphoric acid groups is 2. The summed E-state index contributed by atoms with van der Waals surface area (Å²) in [4.78, 5) is 40.6. The first-order chi connectivity index (χ1) is 19.4. The lowest BCUT2D eigenvalue weighted by atomic mass is 9.95. The molecule has 1 aliphatic rings. The standard InChI is InChI=1S/C24H43N5O10P2/c1-3-5-7-8-9-10-11-12-13-24(29-17-28-19-22(25-14-6-4-2)26-16-27-23(19)29)21(31)20(30)18(38-24)15-37-41(35,36)39-40(32,33)34/h16-18,20-21,30-31H,3-15H2,1-2H3,(H,35,36)(H,25,26,27)(H2,32,33,34)/t18-,20-,21-,24-/m1/s1. The van der Waals surface area contributed by atoms with Gasteiger partial charge in [-0.25, -0.2) is 24.1 Å². The van der Waals surface area contributed by atoms with Crippen molar-refractivity contribution in [2.24, 2.45) is 0 Å². The molecule has 6 N–H and O–H groups in total. The number of rotatable bonds is 19. The third-order valence-corrected chi connectivity index (χ3v) is 9.24. The van der Waals surface area contributed by atoms with E-state index in [4.69, 9.17) is 19.0 Å². The van der Waals surface area contributed by atoms with Gasteiger partial charge in [0.15, 0.2) is 22.7 Å². The van der Waals surface area contributed by atoms with E-state index in [1.807, 2.05) is 0 Å². The highest BCUT2D eigenvalue weighted by Gasteiger charge is 2.56. The number of nitrogens with one attached hydrogen (secondary N) is 1. The van der Waals surface area contributed by atoms with Crippen LogP contribution in [0, 0.1) is 0 Å². The first-order valence-corrected chi connectivity index (χ1v) is 17.2. The zero-order chi connectivity index (χ0) is 30.1. The highest BCUT2D eigenvalue weighted by molar-refractivity contribution is 7.60. The third kappa shape index (κ3) is 9.24. The van der Waals surface area contributed by atoms with Crippen molar-refractivity contribution in [3.8, 4) is 0 Å². The zero-order valence-corrected chi connectivity index (χ0v) is 25.3. The number of fused-ring (bicyclic) bond motifs is 1. The summed E-state index contributed by atoms with van der Waals surface area (Å²) < 4.78 is 39.3. The lowest BCUT2D eigenvalue weighted by Crippen LogP contribution is -2.45. The Bertz CT molecular complexity index is 1200. The van der Waals surface area contributed by atoms with E-state index in [0.717, 1.165) is 38.5 Å². The van der Waals surface area contributed by atoms with Gasteiger partial charge < -0.3 is 34.9 Å². The molecule has 15 nitrogen and oxygen atoms in total. The van der Waals surface area contributed by atoms with Gasteiger partial charge >= 0.3 is 15.6 Å². The molecule has 3 heterocycles. The maximum atomic E-state index is 12.0. The minimum Gasteiger partial charge on any atom is -0.387 e. The second-order valence-electron chi connectivity index (χ2n) is 10.3. The number of ether oxygens (including phenoxy) is 1. The summed E-state index contributed by atoms with van der Waals surface area (Å²) in [5.74, 6) is 0.508. The van der Waals surface area contributed by atoms with Crippen LogP contribution in [0.15, 0.2) is 12.7 Å². The van der Waals surface area contributed by atoms with Gasteiger partial charge in [-0.1, -0.05) is 65.2 Å². The van der Waals surface area contributed by atoms with Crippen LogP contribution in [0.2, 0.25) is 0 Å². The van der Waals surface area contributed by atoms with Gasteiger partial charge in [0.2, 0.25) is 0 Å². The fourth-order valence-corrected chi connectivity index (χ4v) is 6.59.